The number of benzene rings is 1. The molecule has 0 saturated heterocycles. The Balaban J connectivity index is 2.57. The number of alkyl halides is 3. The van der Waals surface area contributed by atoms with Gasteiger partial charge in [-0.3, -0.25) is 4.79 Å². The molecule has 0 atom stereocenters. The van der Waals surface area contributed by atoms with Crippen LogP contribution in [0.3, 0.4) is 0 Å². The van der Waals surface area contributed by atoms with Crippen molar-refractivity contribution in [1.29, 1.82) is 5.26 Å². The minimum absolute atomic E-state index is 0.133. The number of ether oxygens (including phenoxy) is 1. The van der Waals surface area contributed by atoms with Crippen LogP contribution >= 0.6 is 0 Å². The topological polar surface area (TPSA) is 65.9 Å². The fourth-order valence-electron chi connectivity index (χ4n) is 1.89. The van der Waals surface area contributed by atoms with Crippen molar-refractivity contribution in [2.45, 2.75) is 12.8 Å². The van der Waals surface area contributed by atoms with E-state index in [9.17, 15) is 18.0 Å². The summed E-state index contributed by atoms with van der Waals surface area (Å²) in [6, 6.07) is 9.94. The molecule has 0 aliphatic rings. The molecule has 108 valence electrons. The van der Waals surface area contributed by atoms with Crippen LogP contribution in [0.25, 0.3) is 11.1 Å². The quantitative estimate of drug-likeness (QED) is 0.946. The molecule has 0 fully saturated rings. The second-order valence-corrected chi connectivity index (χ2v) is 4.09. The molecule has 2 aromatic rings. The Morgan fingerprint density at radius 1 is 1.14 bits per heavy atom. The first-order valence-corrected chi connectivity index (χ1v) is 5.85. The largest absolute Gasteiger partial charge is 0.573 e. The number of rotatable bonds is 3. The van der Waals surface area contributed by atoms with Gasteiger partial charge in [-0.2, -0.15) is 5.26 Å². The second-order valence-electron chi connectivity index (χ2n) is 4.09. The third-order valence-corrected chi connectivity index (χ3v) is 2.66. The van der Waals surface area contributed by atoms with Crippen LogP contribution in [0.1, 0.15) is 5.69 Å². The van der Waals surface area contributed by atoms with Gasteiger partial charge in [-0.05, 0) is 12.1 Å². The molecule has 1 N–H and O–H groups in total. The van der Waals surface area contributed by atoms with Crippen LogP contribution in [-0.2, 0) is 6.42 Å². The van der Waals surface area contributed by atoms with E-state index in [4.69, 9.17) is 5.26 Å². The fourth-order valence-corrected chi connectivity index (χ4v) is 1.89. The summed E-state index contributed by atoms with van der Waals surface area (Å²) >= 11 is 0. The SMILES string of the molecule is N#CCc1[nH]c(=O)ccc1-c1ccccc1OC(F)(F)F. The van der Waals surface area contributed by atoms with Crippen LogP contribution in [-0.4, -0.2) is 11.3 Å². The minimum Gasteiger partial charge on any atom is -0.405 e. The maximum absolute atomic E-state index is 12.4. The molecule has 1 aromatic heterocycles. The maximum atomic E-state index is 12.4. The van der Waals surface area contributed by atoms with Crippen LogP contribution in [0, 0.1) is 11.3 Å². The predicted molar refractivity (Wildman–Crippen MR) is 68.5 cm³/mol. The molecule has 0 aliphatic carbocycles. The Hall–Kier alpha value is -2.75. The van der Waals surface area contributed by atoms with Crippen molar-refractivity contribution in [1.82, 2.24) is 4.98 Å². The van der Waals surface area contributed by atoms with E-state index in [1.165, 1.54) is 30.3 Å². The molecule has 0 spiro atoms. The first-order chi connectivity index (χ1) is 9.90. The van der Waals surface area contributed by atoms with Crippen molar-refractivity contribution in [3.8, 4) is 22.9 Å². The van der Waals surface area contributed by atoms with Crippen molar-refractivity contribution in [3.63, 3.8) is 0 Å². The van der Waals surface area contributed by atoms with Crippen molar-refractivity contribution < 1.29 is 17.9 Å². The summed E-state index contributed by atoms with van der Waals surface area (Å²) in [4.78, 5) is 13.7. The van der Waals surface area contributed by atoms with Gasteiger partial charge in [-0.1, -0.05) is 18.2 Å². The molecule has 21 heavy (non-hydrogen) atoms. The van der Waals surface area contributed by atoms with Crippen molar-refractivity contribution in [2.24, 2.45) is 0 Å². The Morgan fingerprint density at radius 2 is 1.86 bits per heavy atom. The summed E-state index contributed by atoms with van der Waals surface area (Å²) in [5.74, 6) is -0.392. The molecule has 7 heteroatoms. The van der Waals surface area contributed by atoms with Gasteiger partial charge in [0.1, 0.15) is 5.75 Å². The lowest BCUT2D eigenvalue weighted by Gasteiger charge is -2.14. The molecular formula is C14H9F3N2O2. The van der Waals surface area contributed by atoms with Crippen LogP contribution in [0.2, 0.25) is 0 Å². The van der Waals surface area contributed by atoms with Crippen LogP contribution in [0.5, 0.6) is 5.75 Å². The van der Waals surface area contributed by atoms with Gasteiger partial charge < -0.3 is 9.72 Å². The molecule has 4 nitrogen and oxygen atoms in total. The van der Waals surface area contributed by atoms with Gasteiger partial charge in [-0.15, -0.1) is 13.2 Å². The Bertz CT molecular complexity index is 745. The highest BCUT2D eigenvalue weighted by molar-refractivity contribution is 5.72. The molecule has 1 aromatic carbocycles. The van der Waals surface area contributed by atoms with Gasteiger partial charge >= 0.3 is 6.36 Å². The van der Waals surface area contributed by atoms with E-state index < -0.39 is 17.7 Å². The van der Waals surface area contributed by atoms with E-state index in [0.29, 0.717) is 5.56 Å². The Labute approximate surface area is 117 Å². The summed E-state index contributed by atoms with van der Waals surface area (Å²) in [5, 5.41) is 8.75. The lowest BCUT2D eigenvalue weighted by molar-refractivity contribution is -0.274. The number of nitriles is 1. The highest BCUT2D eigenvalue weighted by Crippen LogP contribution is 2.34. The summed E-state index contributed by atoms with van der Waals surface area (Å²) in [6.07, 6.45) is -4.96. The monoisotopic (exact) mass is 294 g/mol. The first-order valence-electron chi connectivity index (χ1n) is 5.85. The van der Waals surface area contributed by atoms with Gasteiger partial charge in [0.2, 0.25) is 5.56 Å². The summed E-state index contributed by atoms with van der Waals surface area (Å²) < 4.78 is 41.2. The molecule has 2 rings (SSSR count). The fraction of sp³-hybridized carbons (Fsp3) is 0.143. The maximum Gasteiger partial charge on any atom is 0.573 e. The average molecular weight is 294 g/mol. The Kier molecular flexibility index (Phi) is 3.98. The number of halogens is 3. The van der Waals surface area contributed by atoms with Crippen LogP contribution in [0.15, 0.2) is 41.2 Å². The van der Waals surface area contributed by atoms with Crippen molar-refractivity contribution >= 4 is 0 Å². The van der Waals surface area contributed by atoms with E-state index in [1.807, 2.05) is 6.07 Å². The molecule has 1 heterocycles. The normalized spacial score (nSPS) is 11.0. The lowest BCUT2D eigenvalue weighted by atomic mass is 10.0. The van der Waals surface area contributed by atoms with E-state index in [0.717, 1.165) is 0 Å². The number of pyridine rings is 1. The molecule has 0 aliphatic heterocycles. The first kappa shape index (κ1) is 14.7. The van der Waals surface area contributed by atoms with E-state index in [-0.39, 0.29) is 17.7 Å². The third-order valence-electron chi connectivity index (χ3n) is 2.66. The van der Waals surface area contributed by atoms with E-state index in [2.05, 4.69) is 9.72 Å². The third kappa shape index (κ3) is 3.63. The van der Waals surface area contributed by atoms with Gasteiger partial charge in [0, 0.05) is 22.9 Å². The number of aromatic nitrogens is 1. The summed E-state index contributed by atoms with van der Waals surface area (Å²) in [6.45, 7) is 0. The van der Waals surface area contributed by atoms with Gasteiger partial charge in [0.15, 0.2) is 0 Å². The molecule has 0 amide bonds. The van der Waals surface area contributed by atoms with Gasteiger partial charge in [0.05, 0.1) is 12.5 Å². The number of aromatic amines is 1. The van der Waals surface area contributed by atoms with Gasteiger partial charge in [0.25, 0.3) is 0 Å². The van der Waals surface area contributed by atoms with Crippen LogP contribution < -0.4 is 10.3 Å². The zero-order valence-electron chi connectivity index (χ0n) is 10.6. The highest BCUT2D eigenvalue weighted by Gasteiger charge is 2.32. The average Bonchev–Trinajstić information content (AvgIpc) is 2.39. The standard InChI is InChI=1S/C14H9F3N2O2/c15-14(16,17)21-12-4-2-1-3-10(12)9-5-6-13(20)19-11(9)7-8-18/h1-6H,7H2,(H,19,20). The van der Waals surface area contributed by atoms with Crippen molar-refractivity contribution in [2.75, 3.05) is 0 Å². The van der Waals surface area contributed by atoms with E-state index in [1.54, 1.807) is 6.07 Å². The summed E-state index contributed by atoms with van der Waals surface area (Å²) in [7, 11) is 0. The number of hydrogen-bond acceptors (Lipinski definition) is 3. The predicted octanol–water partition coefficient (Wildman–Crippen LogP) is 3.01. The molecular weight excluding hydrogens is 285 g/mol. The number of H-pyrrole nitrogens is 1. The van der Waals surface area contributed by atoms with E-state index >= 15 is 0 Å². The molecule has 0 radical (unpaired) electrons. The lowest BCUT2D eigenvalue weighted by Crippen LogP contribution is -2.18. The number of hydrogen-bond donors (Lipinski definition) is 1. The van der Waals surface area contributed by atoms with Crippen molar-refractivity contribution in [3.05, 3.63) is 52.4 Å². The molecule has 0 saturated carbocycles. The van der Waals surface area contributed by atoms with Crippen LogP contribution in [0.4, 0.5) is 13.2 Å². The Morgan fingerprint density at radius 3 is 2.52 bits per heavy atom. The molecule has 0 unspecified atom stereocenters. The zero-order chi connectivity index (χ0) is 15.5. The highest BCUT2D eigenvalue weighted by atomic mass is 19.4. The molecule has 0 bridgehead atoms. The minimum atomic E-state index is -4.83. The van der Waals surface area contributed by atoms with Gasteiger partial charge in [-0.25, -0.2) is 0 Å². The smallest absolute Gasteiger partial charge is 0.405 e. The number of nitrogens with one attached hydrogen (secondary N) is 1. The number of para-hydroxylation sites is 1. The zero-order valence-corrected chi connectivity index (χ0v) is 10.6. The summed E-state index contributed by atoms with van der Waals surface area (Å²) in [5.41, 5.74) is 0.272. The number of nitrogens with zero attached hydrogens (tertiary/aromatic N) is 1. The second kappa shape index (κ2) is 5.71.